The maximum atomic E-state index is 12.6. The third-order valence-corrected chi connectivity index (χ3v) is 5.34. The number of benzene rings is 1. The minimum atomic E-state index is 0.0772. The van der Waals surface area contributed by atoms with Gasteiger partial charge in [0.1, 0.15) is 10.1 Å². The summed E-state index contributed by atoms with van der Waals surface area (Å²) in [4.78, 5) is 21.2. The van der Waals surface area contributed by atoms with Crippen molar-refractivity contribution in [3.63, 3.8) is 0 Å². The molecule has 0 saturated heterocycles. The summed E-state index contributed by atoms with van der Waals surface area (Å²) in [6, 6.07) is 19.1. The minimum absolute atomic E-state index is 0.0772. The molecule has 0 amide bonds. The van der Waals surface area contributed by atoms with Crippen molar-refractivity contribution in [2.75, 3.05) is 0 Å². The molecule has 0 bridgehead atoms. The maximum absolute atomic E-state index is 12.6. The number of Topliss-reactive ketones (excluding diaryl/α,β-unsaturated/α-hetero) is 1. The number of carbonyl (C=O) groups is 1. The zero-order chi connectivity index (χ0) is 15.9. The van der Waals surface area contributed by atoms with Crippen LogP contribution in [0.4, 0.5) is 0 Å². The largest absolute Gasteiger partial charge is 0.294 e. The monoisotopic (exact) mass is 338 g/mol. The Bertz CT molecular complexity index is 779. The van der Waals surface area contributed by atoms with Gasteiger partial charge < -0.3 is 0 Å². The Hall–Kier alpha value is -2.11. The van der Waals surface area contributed by atoms with E-state index in [0.29, 0.717) is 12.0 Å². The summed E-state index contributed by atoms with van der Waals surface area (Å²) < 4.78 is 0. The molecule has 23 heavy (non-hydrogen) atoms. The topological polar surface area (TPSA) is 42.9 Å². The van der Waals surface area contributed by atoms with Crippen molar-refractivity contribution in [1.29, 1.82) is 0 Å². The number of nitrogens with zero attached hydrogens (tertiary/aromatic N) is 2. The molecule has 3 aromatic rings. The van der Waals surface area contributed by atoms with E-state index in [9.17, 15) is 4.79 Å². The quantitative estimate of drug-likeness (QED) is 0.481. The molecule has 3 rings (SSSR count). The van der Waals surface area contributed by atoms with E-state index < -0.39 is 0 Å². The molecule has 1 aromatic carbocycles. The molecule has 0 atom stereocenters. The molecule has 3 nitrogen and oxygen atoms in total. The van der Waals surface area contributed by atoms with Crippen LogP contribution in [0.25, 0.3) is 0 Å². The molecule has 0 fully saturated rings. The molecule has 0 spiro atoms. The average molecular weight is 338 g/mol. The van der Waals surface area contributed by atoms with E-state index in [1.807, 2.05) is 54.6 Å². The Morgan fingerprint density at radius 3 is 2.39 bits per heavy atom. The molecule has 0 aliphatic heterocycles. The van der Waals surface area contributed by atoms with Crippen LogP contribution in [0.5, 0.6) is 0 Å². The normalized spacial score (nSPS) is 10.4. The first-order valence-electron chi connectivity index (χ1n) is 7.10. The van der Waals surface area contributed by atoms with Crippen molar-refractivity contribution >= 4 is 27.4 Å². The molecular formula is C18H14N2OS2. The van der Waals surface area contributed by atoms with Crippen molar-refractivity contribution in [2.45, 2.75) is 16.5 Å². The maximum Gasteiger partial charge on any atom is 0.169 e. The van der Waals surface area contributed by atoms with E-state index in [4.69, 9.17) is 0 Å². The lowest BCUT2D eigenvalue weighted by Gasteiger charge is -2.06. The van der Waals surface area contributed by atoms with Crippen LogP contribution in [-0.4, -0.2) is 15.8 Å². The highest BCUT2D eigenvalue weighted by Gasteiger charge is 2.14. The Morgan fingerprint density at radius 1 is 0.826 bits per heavy atom. The van der Waals surface area contributed by atoms with Gasteiger partial charge in [0.15, 0.2) is 5.78 Å². The number of rotatable bonds is 6. The first-order chi connectivity index (χ1) is 11.3. The van der Waals surface area contributed by atoms with Crippen molar-refractivity contribution in [2.24, 2.45) is 0 Å². The summed E-state index contributed by atoms with van der Waals surface area (Å²) in [6.45, 7) is 0. The molecule has 114 valence electrons. The van der Waals surface area contributed by atoms with Gasteiger partial charge in [0.25, 0.3) is 0 Å². The predicted molar refractivity (Wildman–Crippen MR) is 94.7 cm³/mol. The highest BCUT2D eigenvalue weighted by Crippen LogP contribution is 2.36. The molecule has 0 N–H and O–H groups in total. The van der Waals surface area contributed by atoms with Gasteiger partial charge in [0.2, 0.25) is 0 Å². The fourth-order valence-corrected chi connectivity index (χ4v) is 3.99. The second-order valence-corrected chi connectivity index (χ2v) is 6.91. The van der Waals surface area contributed by atoms with Crippen LogP contribution in [0.15, 0.2) is 83.1 Å². The highest BCUT2D eigenvalue weighted by molar-refractivity contribution is 8.76. The van der Waals surface area contributed by atoms with Crippen LogP contribution in [-0.2, 0) is 6.42 Å². The van der Waals surface area contributed by atoms with Crippen molar-refractivity contribution in [1.82, 2.24) is 9.97 Å². The summed E-state index contributed by atoms with van der Waals surface area (Å²) in [7, 11) is 2.96. The van der Waals surface area contributed by atoms with E-state index >= 15 is 0 Å². The van der Waals surface area contributed by atoms with Crippen LogP contribution in [0.3, 0.4) is 0 Å². The van der Waals surface area contributed by atoms with Crippen LogP contribution in [0.1, 0.15) is 15.9 Å². The molecule has 5 heteroatoms. The number of pyridine rings is 2. The summed E-state index contributed by atoms with van der Waals surface area (Å²) in [5, 5.41) is 1.62. The Balaban J connectivity index is 1.73. The summed E-state index contributed by atoms with van der Waals surface area (Å²) >= 11 is 0. The van der Waals surface area contributed by atoms with Crippen LogP contribution in [0, 0.1) is 0 Å². The molecule has 2 heterocycles. The zero-order valence-electron chi connectivity index (χ0n) is 12.3. The van der Waals surface area contributed by atoms with Gasteiger partial charge in [0, 0.05) is 18.8 Å². The molecule has 2 aromatic heterocycles. The zero-order valence-corrected chi connectivity index (χ0v) is 13.9. The van der Waals surface area contributed by atoms with Gasteiger partial charge in [0.05, 0.1) is 5.56 Å². The van der Waals surface area contributed by atoms with Crippen LogP contribution >= 0.6 is 21.6 Å². The van der Waals surface area contributed by atoms with E-state index in [1.54, 1.807) is 18.5 Å². The smallest absolute Gasteiger partial charge is 0.169 e. The number of hydrogen-bond donors (Lipinski definition) is 0. The van der Waals surface area contributed by atoms with E-state index in [0.717, 1.165) is 15.6 Å². The van der Waals surface area contributed by atoms with E-state index in [1.165, 1.54) is 21.6 Å². The first kappa shape index (κ1) is 15.8. The van der Waals surface area contributed by atoms with Crippen molar-refractivity contribution in [3.8, 4) is 0 Å². The van der Waals surface area contributed by atoms with E-state index in [2.05, 4.69) is 9.97 Å². The molecule has 0 aliphatic carbocycles. The SMILES string of the molecule is O=C(Cc1ccccc1)c1cccnc1SSc1ccccn1. The standard InChI is InChI=1S/C18H14N2OS2/c21-16(13-14-7-2-1-3-8-14)15-9-6-12-20-18(15)23-22-17-10-4-5-11-19-17/h1-12H,13H2. The average Bonchev–Trinajstić information content (AvgIpc) is 2.62. The lowest BCUT2D eigenvalue weighted by molar-refractivity contribution is 0.0989. The Kier molecular flexibility index (Phi) is 5.45. The summed E-state index contributed by atoms with van der Waals surface area (Å²) in [6.07, 6.45) is 3.84. The van der Waals surface area contributed by atoms with Crippen molar-refractivity contribution < 1.29 is 4.79 Å². The lowest BCUT2D eigenvalue weighted by atomic mass is 10.0. The molecule has 0 radical (unpaired) electrons. The second-order valence-electron chi connectivity index (χ2n) is 4.78. The van der Waals surface area contributed by atoms with Gasteiger partial charge >= 0.3 is 0 Å². The number of carbonyl (C=O) groups excluding carboxylic acids is 1. The second kappa shape index (κ2) is 7.94. The third-order valence-electron chi connectivity index (χ3n) is 3.12. The molecule has 0 unspecified atom stereocenters. The summed E-state index contributed by atoms with van der Waals surface area (Å²) in [5.41, 5.74) is 1.67. The molecule has 0 aliphatic rings. The summed E-state index contributed by atoms with van der Waals surface area (Å²) in [5.74, 6) is 0.0772. The fraction of sp³-hybridized carbons (Fsp3) is 0.0556. The predicted octanol–water partition coefficient (Wildman–Crippen LogP) is 4.70. The van der Waals surface area contributed by atoms with Gasteiger partial charge in [-0.05, 0) is 51.4 Å². The Labute approximate surface area is 143 Å². The van der Waals surface area contributed by atoms with Gasteiger partial charge in [-0.2, -0.15) is 0 Å². The Morgan fingerprint density at radius 2 is 1.61 bits per heavy atom. The van der Waals surface area contributed by atoms with Gasteiger partial charge in [-0.3, -0.25) is 4.79 Å². The minimum Gasteiger partial charge on any atom is -0.294 e. The van der Waals surface area contributed by atoms with Gasteiger partial charge in [-0.1, -0.05) is 36.4 Å². The van der Waals surface area contributed by atoms with Gasteiger partial charge in [-0.25, -0.2) is 9.97 Å². The number of hydrogen-bond acceptors (Lipinski definition) is 5. The first-order valence-corrected chi connectivity index (χ1v) is 9.25. The number of ketones is 1. The van der Waals surface area contributed by atoms with E-state index in [-0.39, 0.29) is 5.78 Å². The molecular weight excluding hydrogens is 324 g/mol. The van der Waals surface area contributed by atoms with Gasteiger partial charge in [-0.15, -0.1) is 0 Å². The van der Waals surface area contributed by atoms with Crippen LogP contribution in [0.2, 0.25) is 0 Å². The fourth-order valence-electron chi connectivity index (χ4n) is 2.02. The van der Waals surface area contributed by atoms with Crippen molar-refractivity contribution in [3.05, 3.63) is 84.2 Å². The van der Waals surface area contributed by atoms with Crippen LogP contribution < -0.4 is 0 Å². The molecule has 0 saturated carbocycles. The highest BCUT2D eigenvalue weighted by atomic mass is 33.1. The third kappa shape index (κ3) is 4.43. The number of aromatic nitrogens is 2. The lowest BCUT2D eigenvalue weighted by Crippen LogP contribution is -2.05.